The molecule has 1 N–H and O–H groups in total. The molecular weight excluding hydrogens is 396 g/mol. The second-order valence-corrected chi connectivity index (χ2v) is 6.35. The number of rotatable bonds is 4. The van der Waals surface area contributed by atoms with E-state index in [2.05, 4.69) is 25.4 Å². The summed E-state index contributed by atoms with van der Waals surface area (Å²) in [4.78, 5) is 22.8. The Labute approximate surface area is 168 Å². The Balaban J connectivity index is 1.88. The number of nitrogens with one attached hydrogen (secondary N) is 1. The summed E-state index contributed by atoms with van der Waals surface area (Å²) in [5.74, 6) is 0.450. The molecule has 3 heterocycles. The summed E-state index contributed by atoms with van der Waals surface area (Å²) in [6.07, 6.45) is 2.42. The fourth-order valence-electron chi connectivity index (χ4n) is 2.89. The molecule has 4 rings (SSSR count). The Morgan fingerprint density at radius 3 is 2.86 bits per heavy atom. The van der Waals surface area contributed by atoms with E-state index in [9.17, 15) is 15.4 Å². The van der Waals surface area contributed by atoms with Crippen molar-refractivity contribution in [2.75, 3.05) is 5.32 Å². The Morgan fingerprint density at radius 1 is 1.31 bits per heavy atom. The van der Waals surface area contributed by atoms with Gasteiger partial charge in [0.2, 0.25) is 11.0 Å². The molecule has 0 spiro atoms. The topological polar surface area (TPSA) is 135 Å². The highest BCUT2D eigenvalue weighted by atomic mass is 35.5. The number of nitriles is 1. The van der Waals surface area contributed by atoms with E-state index in [0.717, 1.165) is 22.8 Å². The van der Waals surface area contributed by atoms with Crippen LogP contribution in [-0.4, -0.2) is 29.7 Å². The average molecular weight is 407 g/mol. The molecule has 0 unspecified atom stereocenters. The van der Waals surface area contributed by atoms with Crippen LogP contribution in [0.4, 0.5) is 17.3 Å². The van der Waals surface area contributed by atoms with Gasteiger partial charge in [0.25, 0.3) is 0 Å². The zero-order chi connectivity index (χ0) is 20.5. The van der Waals surface area contributed by atoms with Crippen LogP contribution in [0, 0.1) is 28.4 Å². The van der Waals surface area contributed by atoms with Crippen molar-refractivity contribution in [1.82, 2.24) is 24.7 Å². The van der Waals surface area contributed by atoms with Crippen LogP contribution in [0.5, 0.6) is 0 Å². The summed E-state index contributed by atoms with van der Waals surface area (Å²) in [7, 11) is 0. The molecule has 142 valence electrons. The van der Waals surface area contributed by atoms with Gasteiger partial charge in [0.1, 0.15) is 18.0 Å². The maximum absolute atomic E-state index is 11.4. The normalized spacial score (nSPS) is 10.7. The van der Waals surface area contributed by atoms with Gasteiger partial charge in [0, 0.05) is 5.39 Å². The van der Waals surface area contributed by atoms with Gasteiger partial charge in [0.05, 0.1) is 16.6 Å². The molecule has 0 radical (unpaired) electrons. The van der Waals surface area contributed by atoms with E-state index >= 15 is 0 Å². The van der Waals surface area contributed by atoms with Crippen LogP contribution >= 0.6 is 11.6 Å². The first-order chi connectivity index (χ1) is 14.0. The van der Waals surface area contributed by atoms with E-state index in [4.69, 9.17) is 11.6 Å². The Bertz CT molecular complexity index is 1310. The number of hydrogen-bond donors (Lipinski definition) is 1. The number of anilines is 2. The first kappa shape index (κ1) is 18.3. The molecule has 0 saturated carbocycles. The molecule has 4 aromatic rings. The molecule has 29 heavy (non-hydrogen) atoms. The van der Waals surface area contributed by atoms with Gasteiger partial charge in [-0.1, -0.05) is 29.8 Å². The van der Waals surface area contributed by atoms with Crippen molar-refractivity contribution in [2.45, 2.75) is 6.92 Å². The second-order valence-electron chi connectivity index (χ2n) is 5.99. The fraction of sp³-hybridized carbons (Fsp3) is 0.0556. The highest BCUT2D eigenvalue weighted by Crippen LogP contribution is 2.32. The first-order valence-corrected chi connectivity index (χ1v) is 8.64. The van der Waals surface area contributed by atoms with Crippen molar-refractivity contribution in [2.24, 2.45) is 0 Å². The quantitative estimate of drug-likeness (QED) is 0.308. The van der Waals surface area contributed by atoms with Crippen molar-refractivity contribution >= 4 is 39.8 Å². The van der Waals surface area contributed by atoms with Crippen LogP contribution in [-0.2, 0) is 0 Å². The van der Waals surface area contributed by atoms with Gasteiger partial charge in [-0.25, -0.2) is 15.0 Å². The third-order valence-corrected chi connectivity index (χ3v) is 4.49. The van der Waals surface area contributed by atoms with Crippen molar-refractivity contribution in [1.29, 1.82) is 5.26 Å². The zero-order valence-corrected chi connectivity index (χ0v) is 15.6. The highest BCUT2D eigenvalue weighted by Gasteiger charge is 2.24. The number of para-hydroxylation sites is 1. The Kier molecular flexibility index (Phi) is 4.50. The van der Waals surface area contributed by atoms with Crippen LogP contribution in [0.15, 0.2) is 42.9 Å². The first-order valence-electron chi connectivity index (χ1n) is 8.26. The molecule has 3 aromatic heterocycles. The highest BCUT2D eigenvalue weighted by molar-refractivity contribution is 6.31. The minimum Gasteiger partial charge on any atom is -0.318 e. The molecule has 0 saturated heterocycles. The number of nitro groups is 1. The summed E-state index contributed by atoms with van der Waals surface area (Å²) in [5.41, 5.74) is 1.36. The predicted octanol–water partition coefficient (Wildman–Crippen LogP) is 3.70. The number of benzene rings is 1. The fourth-order valence-corrected chi connectivity index (χ4v) is 3.09. The number of halogens is 1. The summed E-state index contributed by atoms with van der Waals surface area (Å²) in [6, 6.07) is 11.4. The van der Waals surface area contributed by atoms with Gasteiger partial charge in [0.15, 0.2) is 11.6 Å². The summed E-state index contributed by atoms with van der Waals surface area (Å²) < 4.78 is 1.39. The van der Waals surface area contributed by atoms with Crippen LogP contribution in [0.3, 0.4) is 0 Å². The maximum atomic E-state index is 11.4. The molecule has 0 aliphatic carbocycles. The number of fused-ring (bicyclic) bond motifs is 1. The molecule has 11 heteroatoms. The van der Waals surface area contributed by atoms with Gasteiger partial charge in [-0.3, -0.25) is 10.1 Å². The second kappa shape index (κ2) is 7.14. The molecule has 10 nitrogen and oxygen atoms in total. The van der Waals surface area contributed by atoms with E-state index in [-0.39, 0.29) is 22.4 Å². The van der Waals surface area contributed by atoms with Gasteiger partial charge in [-0.15, -0.1) is 0 Å². The standard InChI is InChI=1S/C18H11ClN8O2/c1-10-6-14(24-13-5-3-2-4-12(10)13)26-18(11(7-20)8-23-26)25-17-15(27(28)29)16(19)21-9-22-17/h2-6,8-9H,1H3,(H,21,22,25). The molecule has 0 amide bonds. The van der Waals surface area contributed by atoms with E-state index < -0.39 is 10.6 Å². The van der Waals surface area contributed by atoms with Crippen LogP contribution in [0.1, 0.15) is 11.1 Å². The number of pyridine rings is 1. The van der Waals surface area contributed by atoms with E-state index in [1.807, 2.05) is 43.3 Å². The van der Waals surface area contributed by atoms with E-state index in [0.29, 0.717) is 5.82 Å². The Morgan fingerprint density at radius 2 is 2.10 bits per heavy atom. The third-order valence-electron chi connectivity index (χ3n) is 4.21. The summed E-state index contributed by atoms with van der Waals surface area (Å²) in [5, 5.41) is 28.5. The molecule has 1 aromatic carbocycles. The number of aryl methyl sites for hydroxylation is 1. The molecule has 0 aliphatic heterocycles. The lowest BCUT2D eigenvalue weighted by molar-refractivity contribution is -0.384. The largest absolute Gasteiger partial charge is 0.348 e. The molecule has 0 fully saturated rings. The van der Waals surface area contributed by atoms with Crippen molar-refractivity contribution in [3.8, 4) is 11.9 Å². The maximum Gasteiger partial charge on any atom is 0.348 e. The van der Waals surface area contributed by atoms with Gasteiger partial charge in [-0.2, -0.15) is 15.0 Å². The van der Waals surface area contributed by atoms with Crippen molar-refractivity contribution in [3.63, 3.8) is 0 Å². The molecular formula is C18H11ClN8O2. The number of aromatic nitrogens is 5. The lowest BCUT2D eigenvalue weighted by atomic mass is 10.1. The molecule has 0 bridgehead atoms. The number of nitrogens with zero attached hydrogens (tertiary/aromatic N) is 7. The molecule has 0 aliphatic rings. The smallest absolute Gasteiger partial charge is 0.318 e. The van der Waals surface area contributed by atoms with Gasteiger partial charge >= 0.3 is 5.69 Å². The SMILES string of the molecule is Cc1cc(-n2ncc(C#N)c2Nc2ncnc(Cl)c2[N+](=O)[O-])nc2ccccc12. The number of hydrogen-bond acceptors (Lipinski definition) is 8. The monoisotopic (exact) mass is 406 g/mol. The van der Waals surface area contributed by atoms with Crippen LogP contribution < -0.4 is 5.32 Å². The Hall–Kier alpha value is -4.10. The van der Waals surface area contributed by atoms with Gasteiger partial charge < -0.3 is 5.32 Å². The minimum atomic E-state index is -0.699. The minimum absolute atomic E-state index is 0.154. The lowest BCUT2D eigenvalue weighted by Crippen LogP contribution is -2.08. The lowest BCUT2D eigenvalue weighted by Gasteiger charge is -2.11. The summed E-state index contributed by atoms with van der Waals surface area (Å²) >= 11 is 5.85. The van der Waals surface area contributed by atoms with E-state index in [1.165, 1.54) is 10.9 Å². The third kappa shape index (κ3) is 3.19. The van der Waals surface area contributed by atoms with Crippen LogP contribution in [0.25, 0.3) is 16.7 Å². The van der Waals surface area contributed by atoms with Crippen molar-refractivity contribution in [3.05, 3.63) is 69.3 Å². The van der Waals surface area contributed by atoms with Crippen LogP contribution in [0.2, 0.25) is 5.15 Å². The molecule has 0 atom stereocenters. The van der Waals surface area contributed by atoms with Gasteiger partial charge in [-0.05, 0) is 24.6 Å². The zero-order valence-electron chi connectivity index (χ0n) is 14.9. The predicted molar refractivity (Wildman–Crippen MR) is 105 cm³/mol. The van der Waals surface area contributed by atoms with E-state index in [1.54, 1.807) is 0 Å². The van der Waals surface area contributed by atoms with Crippen molar-refractivity contribution < 1.29 is 4.92 Å². The average Bonchev–Trinajstić information content (AvgIpc) is 3.10. The summed E-state index contributed by atoms with van der Waals surface area (Å²) in [6.45, 7) is 1.93.